The van der Waals surface area contributed by atoms with E-state index in [2.05, 4.69) is 10.6 Å². The van der Waals surface area contributed by atoms with Crippen molar-refractivity contribution in [3.63, 3.8) is 0 Å². The van der Waals surface area contributed by atoms with Crippen LogP contribution in [0.25, 0.3) is 0 Å². The minimum Gasteiger partial charge on any atom is -0.457 e. The molecule has 0 radical (unpaired) electrons. The van der Waals surface area contributed by atoms with Gasteiger partial charge in [0.2, 0.25) is 11.8 Å². The van der Waals surface area contributed by atoms with Crippen molar-refractivity contribution in [2.24, 2.45) is 0 Å². The van der Waals surface area contributed by atoms with E-state index in [-0.39, 0.29) is 24.9 Å². The number of rotatable bonds is 8. The predicted molar refractivity (Wildman–Crippen MR) is 124 cm³/mol. The maximum absolute atomic E-state index is 12.3. The number of carbonyl (C=O) groups excluding carboxylic acids is 2. The second-order valence-electron chi connectivity index (χ2n) is 7.46. The summed E-state index contributed by atoms with van der Waals surface area (Å²) >= 11 is 0. The molecule has 31 heavy (non-hydrogen) atoms. The first-order chi connectivity index (χ1) is 14.9. The molecule has 3 aromatic carbocycles. The molecular weight excluding hydrogens is 390 g/mol. The van der Waals surface area contributed by atoms with Crippen LogP contribution in [0.15, 0.2) is 72.8 Å². The number of likely N-dealkylation sites (N-methyl/N-ethyl adjacent to an activating group) is 1. The third-order valence-corrected chi connectivity index (χ3v) is 4.82. The number of ether oxygens (including phenoxy) is 1. The van der Waals surface area contributed by atoms with Gasteiger partial charge in [-0.25, -0.2) is 0 Å². The second kappa shape index (κ2) is 10.4. The first-order valence-electron chi connectivity index (χ1n) is 10.1. The van der Waals surface area contributed by atoms with Gasteiger partial charge in [-0.3, -0.25) is 14.5 Å². The Hall–Kier alpha value is -3.64. The molecule has 0 fully saturated rings. The van der Waals surface area contributed by atoms with E-state index in [1.807, 2.05) is 62.4 Å². The minimum atomic E-state index is -0.196. The van der Waals surface area contributed by atoms with Crippen LogP contribution in [-0.2, 0) is 9.59 Å². The molecule has 0 bridgehead atoms. The lowest BCUT2D eigenvalue weighted by Crippen LogP contribution is -2.36. The molecular formula is C25H27N3O3. The van der Waals surface area contributed by atoms with Gasteiger partial charge in [-0.05, 0) is 74.5 Å². The molecule has 3 aromatic rings. The Labute approximate surface area is 182 Å². The summed E-state index contributed by atoms with van der Waals surface area (Å²) in [6.07, 6.45) is 0. The fraction of sp³-hybridized carbons (Fsp3) is 0.200. The van der Waals surface area contributed by atoms with E-state index >= 15 is 0 Å². The average molecular weight is 418 g/mol. The maximum Gasteiger partial charge on any atom is 0.238 e. The van der Waals surface area contributed by atoms with Gasteiger partial charge in [-0.1, -0.05) is 30.3 Å². The number of para-hydroxylation sites is 1. The van der Waals surface area contributed by atoms with E-state index < -0.39 is 0 Å². The monoisotopic (exact) mass is 417 g/mol. The highest BCUT2D eigenvalue weighted by atomic mass is 16.5. The molecule has 6 nitrogen and oxygen atoms in total. The Kier molecular flexibility index (Phi) is 7.40. The van der Waals surface area contributed by atoms with Crippen LogP contribution < -0.4 is 15.4 Å². The fourth-order valence-electron chi connectivity index (χ4n) is 3.05. The highest BCUT2D eigenvalue weighted by Gasteiger charge is 2.12. The second-order valence-corrected chi connectivity index (χ2v) is 7.46. The summed E-state index contributed by atoms with van der Waals surface area (Å²) in [5.74, 6) is 1.08. The van der Waals surface area contributed by atoms with Crippen molar-refractivity contribution < 1.29 is 14.3 Å². The van der Waals surface area contributed by atoms with E-state index in [4.69, 9.17) is 4.74 Å². The van der Waals surface area contributed by atoms with E-state index in [1.54, 1.807) is 36.2 Å². The number of nitrogens with one attached hydrogen (secondary N) is 2. The lowest BCUT2D eigenvalue weighted by molar-refractivity contribution is -0.119. The van der Waals surface area contributed by atoms with Gasteiger partial charge in [0.25, 0.3) is 0 Å². The number of benzene rings is 3. The maximum atomic E-state index is 12.3. The number of amides is 2. The SMILES string of the molecule is Cc1cccc(NC(=O)CN(C)CC(=O)Nc2ccc(Oc3ccccc3)cc2)c1C. The molecule has 0 aliphatic carbocycles. The number of hydrogen-bond donors (Lipinski definition) is 2. The molecule has 2 N–H and O–H groups in total. The van der Waals surface area contributed by atoms with Crippen LogP contribution in [0.5, 0.6) is 11.5 Å². The van der Waals surface area contributed by atoms with Gasteiger partial charge in [0.1, 0.15) is 11.5 Å². The summed E-state index contributed by atoms with van der Waals surface area (Å²) in [4.78, 5) is 26.3. The molecule has 3 rings (SSSR count). The zero-order valence-corrected chi connectivity index (χ0v) is 18.0. The standard InChI is InChI=1S/C25H27N3O3/c1-18-8-7-11-23(19(18)2)27-25(30)17-28(3)16-24(29)26-20-12-14-22(15-13-20)31-21-9-5-4-6-10-21/h4-15H,16-17H2,1-3H3,(H,26,29)(H,27,30). The van der Waals surface area contributed by atoms with Crippen LogP contribution in [0.1, 0.15) is 11.1 Å². The van der Waals surface area contributed by atoms with Gasteiger partial charge < -0.3 is 15.4 Å². The smallest absolute Gasteiger partial charge is 0.238 e. The van der Waals surface area contributed by atoms with Crippen molar-refractivity contribution in [1.82, 2.24) is 4.90 Å². The van der Waals surface area contributed by atoms with Gasteiger partial charge >= 0.3 is 0 Å². The summed E-state index contributed by atoms with van der Waals surface area (Å²) < 4.78 is 5.75. The van der Waals surface area contributed by atoms with Crippen molar-refractivity contribution in [3.8, 4) is 11.5 Å². The lowest BCUT2D eigenvalue weighted by atomic mass is 10.1. The van der Waals surface area contributed by atoms with Crippen LogP contribution >= 0.6 is 0 Å². The number of hydrogen-bond acceptors (Lipinski definition) is 4. The number of carbonyl (C=O) groups is 2. The van der Waals surface area contributed by atoms with Gasteiger partial charge in [0.05, 0.1) is 13.1 Å². The lowest BCUT2D eigenvalue weighted by Gasteiger charge is -2.17. The number of nitrogens with zero attached hydrogens (tertiary/aromatic N) is 1. The molecule has 0 saturated carbocycles. The molecule has 6 heteroatoms. The predicted octanol–water partition coefficient (Wildman–Crippen LogP) is 4.60. The topological polar surface area (TPSA) is 70.7 Å². The highest BCUT2D eigenvalue weighted by molar-refractivity contribution is 5.95. The summed E-state index contributed by atoms with van der Waals surface area (Å²) in [6.45, 7) is 4.19. The number of aryl methyl sites for hydroxylation is 1. The van der Waals surface area contributed by atoms with Gasteiger partial charge in [-0.15, -0.1) is 0 Å². The number of anilines is 2. The van der Waals surface area contributed by atoms with Crippen LogP contribution in [0.4, 0.5) is 11.4 Å². The van der Waals surface area contributed by atoms with Crippen molar-refractivity contribution in [2.45, 2.75) is 13.8 Å². The van der Waals surface area contributed by atoms with Crippen LogP contribution in [0.3, 0.4) is 0 Å². The third kappa shape index (κ3) is 6.69. The van der Waals surface area contributed by atoms with Crippen molar-refractivity contribution >= 4 is 23.2 Å². The van der Waals surface area contributed by atoms with Gasteiger partial charge in [-0.2, -0.15) is 0 Å². The Morgan fingerprint density at radius 3 is 2.06 bits per heavy atom. The largest absolute Gasteiger partial charge is 0.457 e. The van der Waals surface area contributed by atoms with Crippen LogP contribution in [0, 0.1) is 13.8 Å². The summed E-state index contributed by atoms with van der Waals surface area (Å²) in [5.41, 5.74) is 3.61. The Balaban J connectivity index is 1.46. The normalized spacial score (nSPS) is 10.6. The molecule has 160 valence electrons. The van der Waals surface area contributed by atoms with Crippen molar-refractivity contribution in [3.05, 3.63) is 83.9 Å². The first-order valence-corrected chi connectivity index (χ1v) is 10.1. The van der Waals surface area contributed by atoms with Crippen LogP contribution in [-0.4, -0.2) is 36.9 Å². The Morgan fingerprint density at radius 2 is 1.39 bits per heavy atom. The summed E-state index contributed by atoms with van der Waals surface area (Å²) in [6, 6.07) is 22.4. The average Bonchev–Trinajstić information content (AvgIpc) is 2.73. The molecule has 0 heterocycles. The quantitative estimate of drug-likeness (QED) is 0.562. The summed E-state index contributed by atoms with van der Waals surface area (Å²) in [7, 11) is 1.74. The molecule has 0 aromatic heterocycles. The molecule has 0 aliphatic heterocycles. The fourth-order valence-corrected chi connectivity index (χ4v) is 3.05. The Bertz CT molecular complexity index is 1030. The van der Waals surface area contributed by atoms with Crippen molar-refractivity contribution in [2.75, 3.05) is 30.8 Å². The zero-order valence-electron chi connectivity index (χ0n) is 18.0. The molecule has 0 atom stereocenters. The third-order valence-electron chi connectivity index (χ3n) is 4.82. The molecule has 0 spiro atoms. The highest BCUT2D eigenvalue weighted by Crippen LogP contribution is 2.22. The van der Waals surface area contributed by atoms with Crippen molar-refractivity contribution in [1.29, 1.82) is 0 Å². The minimum absolute atomic E-state index is 0.0997. The van der Waals surface area contributed by atoms with E-state index in [0.717, 1.165) is 22.6 Å². The Morgan fingerprint density at radius 1 is 0.774 bits per heavy atom. The van der Waals surface area contributed by atoms with Gasteiger partial charge in [0.15, 0.2) is 0 Å². The van der Waals surface area contributed by atoms with Crippen LogP contribution in [0.2, 0.25) is 0 Å². The molecule has 0 saturated heterocycles. The molecule has 0 aliphatic rings. The first kappa shape index (κ1) is 22.1. The van der Waals surface area contributed by atoms with E-state index in [1.165, 1.54) is 0 Å². The van der Waals surface area contributed by atoms with E-state index in [0.29, 0.717) is 11.4 Å². The zero-order chi connectivity index (χ0) is 22.2. The molecule has 0 unspecified atom stereocenters. The molecule has 2 amide bonds. The summed E-state index contributed by atoms with van der Waals surface area (Å²) in [5, 5.41) is 5.74. The van der Waals surface area contributed by atoms with Gasteiger partial charge in [0, 0.05) is 11.4 Å². The van der Waals surface area contributed by atoms with E-state index in [9.17, 15) is 9.59 Å².